The summed E-state index contributed by atoms with van der Waals surface area (Å²) >= 11 is 3.34. The van der Waals surface area contributed by atoms with Crippen LogP contribution in [0.1, 0.15) is 36.9 Å². The van der Waals surface area contributed by atoms with Gasteiger partial charge in [-0.05, 0) is 58.6 Å². The van der Waals surface area contributed by atoms with E-state index >= 15 is 0 Å². The molecular formula is C28H33BrN2O7. The number of Topliss-reactive ketones (excluding diaryl/α,β-unsaturated/α-hetero) is 1. The van der Waals surface area contributed by atoms with E-state index in [0.717, 1.165) is 26.1 Å². The van der Waals surface area contributed by atoms with Gasteiger partial charge in [0.1, 0.15) is 11.5 Å². The predicted molar refractivity (Wildman–Crippen MR) is 145 cm³/mol. The Labute approximate surface area is 230 Å². The van der Waals surface area contributed by atoms with Crippen molar-refractivity contribution in [2.75, 3.05) is 53.1 Å². The summed E-state index contributed by atoms with van der Waals surface area (Å²) in [7, 11) is 1.42. The molecular weight excluding hydrogens is 556 g/mol. The zero-order valence-corrected chi connectivity index (χ0v) is 23.2. The normalized spacial score (nSPS) is 19.7. The number of aromatic hydroxyl groups is 1. The average molecular weight is 589 g/mol. The fourth-order valence-corrected chi connectivity index (χ4v) is 5.22. The number of aliphatic hydroxyl groups excluding tert-OH is 1. The van der Waals surface area contributed by atoms with Crippen molar-refractivity contribution in [2.24, 2.45) is 0 Å². The van der Waals surface area contributed by atoms with Gasteiger partial charge in [0.25, 0.3) is 11.7 Å². The Morgan fingerprint density at radius 3 is 2.63 bits per heavy atom. The monoisotopic (exact) mass is 588 g/mol. The number of morpholine rings is 1. The lowest BCUT2D eigenvalue weighted by Crippen LogP contribution is -2.39. The van der Waals surface area contributed by atoms with Gasteiger partial charge < -0.3 is 29.3 Å². The fourth-order valence-electron chi connectivity index (χ4n) is 4.76. The van der Waals surface area contributed by atoms with Crippen molar-refractivity contribution >= 4 is 33.4 Å². The highest BCUT2D eigenvalue weighted by molar-refractivity contribution is 9.10. The number of benzene rings is 2. The maximum atomic E-state index is 13.4. The zero-order valence-electron chi connectivity index (χ0n) is 21.6. The van der Waals surface area contributed by atoms with Crippen molar-refractivity contribution in [2.45, 2.75) is 25.8 Å². The number of phenolic OH excluding ortho intramolecular Hbond substituents is 1. The van der Waals surface area contributed by atoms with E-state index in [1.807, 2.05) is 6.92 Å². The first-order valence-electron chi connectivity index (χ1n) is 12.7. The number of ketones is 1. The van der Waals surface area contributed by atoms with Crippen molar-refractivity contribution in [3.05, 3.63) is 57.6 Å². The zero-order chi connectivity index (χ0) is 27.2. The van der Waals surface area contributed by atoms with Crippen molar-refractivity contribution in [1.29, 1.82) is 0 Å². The van der Waals surface area contributed by atoms with Crippen LogP contribution in [0.25, 0.3) is 5.76 Å². The topological polar surface area (TPSA) is 109 Å². The number of hydrogen-bond donors (Lipinski definition) is 2. The number of aliphatic hydroxyl groups is 1. The van der Waals surface area contributed by atoms with Crippen LogP contribution in [0, 0.1) is 0 Å². The molecule has 2 fully saturated rings. The summed E-state index contributed by atoms with van der Waals surface area (Å²) in [5.41, 5.74) is 0.880. The molecule has 1 amide bonds. The van der Waals surface area contributed by atoms with Crippen LogP contribution < -0.4 is 9.47 Å². The molecule has 204 valence electrons. The van der Waals surface area contributed by atoms with Crippen LogP contribution in [-0.4, -0.2) is 84.8 Å². The van der Waals surface area contributed by atoms with Crippen LogP contribution in [0.15, 0.2) is 46.4 Å². The Hall–Kier alpha value is -3.08. The van der Waals surface area contributed by atoms with E-state index in [9.17, 15) is 19.8 Å². The van der Waals surface area contributed by atoms with Crippen molar-refractivity contribution in [3.63, 3.8) is 0 Å². The van der Waals surface area contributed by atoms with E-state index in [1.165, 1.54) is 12.0 Å². The molecule has 0 aromatic heterocycles. The second-order valence-electron chi connectivity index (χ2n) is 9.23. The number of amides is 1. The van der Waals surface area contributed by atoms with Gasteiger partial charge in [-0.25, -0.2) is 0 Å². The summed E-state index contributed by atoms with van der Waals surface area (Å²) in [6.45, 7) is 6.55. The van der Waals surface area contributed by atoms with E-state index in [1.54, 1.807) is 36.4 Å². The third-order valence-electron chi connectivity index (χ3n) is 6.68. The number of rotatable bonds is 10. The highest BCUT2D eigenvalue weighted by Gasteiger charge is 2.46. The van der Waals surface area contributed by atoms with Crippen LogP contribution in [0.3, 0.4) is 0 Å². The van der Waals surface area contributed by atoms with Crippen LogP contribution >= 0.6 is 15.9 Å². The molecule has 38 heavy (non-hydrogen) atoms. The minimum Gasteiger partial charge on any atom is -0.507 e. The molecule has 2 aromatic rings. The van der Waals surface area contributed by atoms with Crippen LogP contribution in [-0.2, 0) is 14.3 Å². The fraction of sp³-hybridized carbons (Fsp3) is 0.429. The quantitative estimate of drug-likeness (QED) is 0.243. The van der Waals surface area contributed by atoms with Gasteiger partial charge in [0.15, 0.2) is 11.5 Å². The van der Waals surface area contributed by atoms with Gasteiger partial charge in [-0.15, -0.1) is 0 Å². The van der Waals surface area contributed by atoms with Crippen LogP contribution in [0.4, 0.5) is 0 Å². The number of ether oxygens (including phenoxy) is 3. The number of phenols is 1. The number of nitrogens with zero attached hydrogens (tertiary/aromatic N) is 2. The minimum atomic E-state index is -0.870. The first-order valence-corrected chi connectivity index (χ1v) is 13.5. The predicted octanol–water partition coefficient (Wildman–Crippen LogP) is 4.10. The number of carbonyl (C=O) groups excluding carboxylic acids is 2. The van der Waals surface area contributed by atoms with Crippen molar-refractivity contribution in [1.82, 2.24) is 9.80 Å². The minimum absolute atomic E-state index is 0.0198. The number of carbonyl (C=O) groups is 2. The summed E-state index contributed by atoms with van der Waals surface area (Å²) in [4.78, 5) is 30.4. The highest BCUT2D eigenvalue weighted by Crippen LogP contribution is 2.44. The highest BCUT2D eigenvalue weighted by atomic mass is 79.9. The molecule has 0 aliphatic carbocycles. The molecule has 9 nitrogen and oxygen atoms in total. The second-order valence-corrected chi connectivity index (χ2v) is 10.1. The van der Waals surface area contributed by atoms with E-state index < -0.39 is 17.7 Å². The summed E-state index contributed by atoms with van der Waals surface area (Å²) in [5, 5.41) is 21.8. The smallest absolute Gasteiger partial charge is 0.295 e. The molecule has 2 N–H and O–H groups in total. The molecule has 2 aliphatic rings. The standard InChI is InChI=1S/C28H33BrN2O7/c1-3-12-38-20-7-4-6-18(15-20)25(32)23-24(19-16-21(29)26(33)22(17-19)36-2)31(28(35)27(23)34)9-5-8-30-10-13-37-14-11-30/h4,6-7,15-17,24,32-33H,3,5,8-14H2,1-2H3. The molecule has 2 saturated heterocycles. The van der Waals surface area contributed by atoms with Crippen LogP contribution in [0.5, 0.6) is 17.2 Å². The summed E-state index contributed by atoms with van der Waals surface area (Å²) in [6, 6.07) is 9.18. The first kappa shape index (κ1) is 27.9. The number of halogens is 1. The second kappa shape index (κ2) is 12.6. The molecule has 4 rings (SSSR count). The van der Waals surface area contributed by atoms with E-state index in [0.29, 0.717) is 54.1 Å². The Balaban J connectivity index is 1.74. The lowest BCUT2D eigenvalue weighted by atomic mass is 9.95. The van der Waals surface area contributed by atoms with Gasteiger partial charge >= 0.3 is 0 Å². The van der Waals surface area contributed by atoms with E-state index in [2.05, 4.69) is 20.8 Å². The van der Waals surface area contributed by atoms with Crippen molar-refractivity contribution in [3.8, 4) is 17.2 Å². The van der Waals surface area contributed by atoms with E-state index in [4.69, 9.17) is 14.2 Å². The largest absolute Gasteiger partial charge is 0.507 e. The van der Waals surface area contributed by atoms with Gasteiger partial charge in [-0.1, -0.05) is 19.1 Å². The maximum Gasteiger partial charge on any atom is 0.295 e. The Morgan fingerprint density at radius 2 is 1.92 bits per heavy atom. The van der Waals surface area contributed by atoms with Gasteiger partial charge in [0.05, 0.1) is 43.0 Å². The van der Waals surface area contributed by atoms with E-state index in [-0.39, 0.29) is 22.8 Å². The van der Waals surface area contributed by atoms with Gasteiger partial charge in [-0.3, -0.25) is 14.5 Å². The Morgan fingerprint density at radius 1 is 1.16 bits per heavy atom. The molecule has 2 heterocycles. The van der Waals surface area contributed by atoms with Crippen LogP contribution in [0.2, 0.25) is 0 Å². The molecule has 1 atom stereocenters. The molecule has 0 spiro atoms. The average Bonchev–Trinajstić information content (AvgIpc) is 3.18. The molecule has 0 bridgehead atoms. The number of methoxy groups -OCH3 is 1. The SMILES string of the molecule is CCCOc1cccc(C(O)=C2C(=O)C(=O)N(CCCN3CCOCC3)C2c2cc(Br)c(O)c(OC)c2)c1. The molecule has 2 aliphatic heterocycles. The third kappa shape index (κ3) is 5.98. The Kier molecular flexibility index (Phi) is 9.30. The number of hydrogen-bond acceptors (Lipinski definition) is 8. The molecule has 2 aromatic carbocycles. The first-order chi connectivity index (χ1) is 18.3. The molecule has 1 unspecified atom stereocenters. The van der Waals surface area contributed by atoms with Gasteiger partial charge in [0, 0.05) is 31.7 Å². The Bertz CT molecular complexity index is 1210. The van der Waals surface area contributed by atoms with Crippen molar-refractivity contribution < 1.29 is 34.0 Å². The molecule has 0 radical (unpaired) electrons. The summed E-state index contributed by atoms with van der Waals surface area (Å²) < 4.78 is 16.8. The maximum absolute atomic E-state index is 13.4. The summed E-state index contributed by atoms with van der Waals surface area (Å²) in [6.07, 6.45) is 1.46. The van der Waals surface area contributed by atoms with Gasteiger partial charge in [-0.2, -0.15) is 0 Å². The summed E-state index contributed by atoms with van der Waals surface area (Å²) in [5.74, 6) is -1.08. The lowest BCUT2D eigenvalue weighted by molar-refractivity contribution is -0.140. The molecule has 10 heteroatoms. The van der Waals surface area contributed by atoms with Gasteiger partial charge in [0.2, 0.25) is 0 Å². The lowest BCUT2D eigenvalue weighted by Gasteiger charge is -2.29. The molecule has 0 saturated carbocycles. The third-order valence-corrected chi connectivity index (χ3v) is 7.29. The number of likely N-dealkylation sites (tertiary alicyclic amines) is 1.